The van der Waals surface area contributed by atoms with Crippen molar-refractivity contribution in [2.75, 3.05) is 36.2 Å². The summed E-state index contributed by atoms with van der Waals surface area (Å²) >= 11 is 0. The molecule has 8 rings (SSSR count). The molecule has 0 spiro atoms. The number of rotatable bonds is 16. The van der Waals surface area contributed by atoms with Crippen LogP contribution in [0.2, 0.25) is 0 Å². The molecule has 0 fully saturated rings. The summed E-state index contributed by atoms with van der Waals surface area (Å²) in [5, 5.41) is 2.36. The van der Waals surface area contributed by atoms with Gasteiger partial charge in [-0.3, -0.25) is 4.99 Å². The van der Waals surface area contributed by atoms with Crippen LogP contribution >= 0.6 is 0 Å². The summed E-state index contributed by atoms with van der Waals surface area (Å²) < 4.78 is 6.56. The Labute approximate surface area is 314 Å². The molecule has 5 aromatic rings. The van der Waals surface area contributed by atoms with Crippen molar-refractivity contribution in [3.05, 3.63) is 133 Å². The number of fused-ring (bicyclic) bond motifs is 3. The predicted molar refractivity (Wildman–Crippen MR) is 221 cm³/mol. The Morgan fingerprint density at radius 1 is 0.698 bits per heavy atom. The first-order chi connectivity index (χ1) is 26.2. The van der Waals surface area contributed by atoms with Crippen LogP contribution in [-0.4, -0.2) is 47.4 Å². The van der Waals surface area contributed by atoms with Gasteiger partial charge in [0.2, 0.25) is 5.71 Å². The van der Waals surface area contributed by atoms with Gasteiger partial charge < -0.3 is 24.0 Å². The van der Waals surface area contributed by atoms with E-state index >= 15 is 0 Å². The van der Waals surface area contributed by atoms with Crippen molar-refractivity contribution in [3.63, 3.8) is 0 Å². The molecular weight excluding hydrogens is 653 g/mol. The van der Waals surface area contributed by atoms with Crippen LogP contribution in [0.15, 0.2) is 125 Å². The van der Waals surface area contributed by atoms with Gasteiger partial charge in [-0.25, -0.2) is 4.98 Å². The van der Waals surface area contributed by atoms with Gasteiger partial charge >= 0.3 is 0 Å². The van der Waals surface area contributed by atoms with E-state index in [0.29, 0.717) is 5.92 Å². The quantitative estimate of drug-likeness (QED) is 0.0953. The minimum absolute atomic E-state index is 0.572. The molecule has 5 heterocycles. The third kappa shape index (κ3) is 8.35. The number of anilines is 2. The van der Waals surface area contributed by atoms with Gasteiger partial charge in [-0.2, -0.15) is 0 Å². The SMILES string of the molecule is Cc1ccc2c(n1)oc1c(N3C=CN(CCCCN4C=CN(c5ccccc5)C4)C3)ccc(CCCCCCCC3C=NC(c4ccccc4)=CC3)c12. The molecule has 3 aliphatic rings. The summed E-state index contributed by atoms with van der Waals surface area (Å²) in [4.78, 5) is 19.0. The van der Waals surface area contributed by atoms with Crippen LogP contribution < -0.4 is 9.80 Å². The van der Waals surface area contributed by atoms with Gasteiger partial charge in [-0.15, -0.1) is 0 Å². The second-order valence-corrected chi connectivity index (χ2v) is 14.9. The Balaban J connectivity index is 0.806. The third-order valence-electron chi connectivity index (χ3n) is 10.9. The summed E-state index contributed by atoms with van der Waals surface area (Å²) in [5.74, 6) is 0.572. The summed E-state index contributed by atoms with van der Waals surface area (Å²) in [6, 6.07) is 30.0. The van der Waals surface area contributed by atoms with Crippen LogP contribution in [0.5, 0.6) is 0 Å². The number of pyridine rings is 1. The molecule has 0 N–H and O–H groups in total. The number of aliphatic imine (C=N–C) groups is 1. The first kappa shape index (κ1) is 34.8. The first-order valence-electron chi connectivity index (χ1n) is 19.7. The van der Waals surface area contributed by atoms with Gasteiger partial charge in [0.25, 0.3) is 0 Å². The van der Waals surface area contributed by atoms with Crippen LogP contribution in [0.1, 0.15) is 74.6 Å². The van der Waals surface area contributed by atoms with E-state index in [0.717, 1.165) is 85.9 Å². The highest BCUT2D eigenvalue weighted by atomic mass is 16.3. The molecule has 0 radical (unpaired) electrons. The molecule has 7 nitrogen and oxygen atoms in total. The average molecular weight is 705 g/mol. The van der Waals surface area contributed by atoms with Crippen molar-refractivity contribution >= 4 is 45.4 Å². The zero-order valence-corrected chi connectivity index (χ0v) is 31.1. The highest BCUT2D eigenvalue weighted by Crippen LogP contribution is 2.39. The number of aryl methyl sites for hydroxylation is 2. The van der Waals surface area contributed by atoms with Gasteiger partial charge in [0.05, 0.1) is 24.7 Å². The fourth-order valence-electron chi connectivity index (χ4n) is 7.94. The summed E-state index contributed by atoms with van der Waals surface area (Å²) in [5.41, 5.74) is 8.76. The molecule has 1 atom stereocenters. The zero-order valence-electron chi connectivity index (χ0n) is 31.1. The number of nitrogens with zero attached hydrogens (tertiary/aromatic N) is 6. The summed E-state index contributed by atoms with van der Waals surface area (Å²) in [6.45, 7) is 5.90. The Morgan fingerprint density at radius 3 is 2.19 bits per heavy atom. The highest BCUT2D eigenvalue weighted by Gasteiger charge is 2.22. The summed E-state index contributed by atoms with van der Waals surface area (Å²) in [6.07, 6.45) is 25.3. The minimum atomic E-state index is 0.572. The summed E-state index contributed by atoms with van der Waals surface area (Å²) in [7, 11) is 0. The number of benzene rings is 3. The number of unbranched alkanes of at least 4 members (excludes halogenated alkanes) is 5. The maximum Gasteiger partial charge on any atom is 0.227 e. The monoisotopic (exact) mass is 704 g/mol. The molecular formula is C46H52N6O. The minimum Gasteiger partial charge on any atom is -0.435 e. The van der Waals surface area contributed by atoms with E-state index in [4.69, 9.17) is 14.4 Å². The maximum atomic E-state index is 6.56. The van der Waals surface area contributed by atoms with Crippen molar-refractivity contribution < 1.29 is 4.42 Å². The maximum absolute atomic E-state index is 6.56. The van der Waals surface area contributed by atoms with Crippen molar-refractivity contribution in [1.82, 2.24) is 14.8 Å². The van der Waals surface area contributed by atoms with Gasteiger partial charge in [-0.05, 0) is 92.8 Å². The lowest BCUT2D eigenvalue weighted by molar-refractivity contribution is 0.354. The topological polar surface area (TPSA) is 51.4 Å². The largest absolute Gasteiger partial charge is 0.435 e. The van der Waals surface area contributed by atoms with Crippen molar-refractivity contribution in [3.8, 4) is 0 Å². The molecule has 2 aromatic heterocycles. The van der Waals surface area contributed by atoms with Crippen molar-refractivity contribution in [2.45, 2.75) is 71.1 Å². The zero-order chi connectivity index (χ0) is 35.8. The first-order valence-corrected chi connectivity index (χ1v) is 19.7. The molecule has 3 aromatic carbocycles. The van der Waals surface area contributed by atoms with E-state index in [-0.39, 0.29) is 0 Å². The van der Waals surface area contributed by atoms with Crippen LogP contribution in [0.25, 0.3) is 27.8 Å². The fourth-order valence-corrected chi connectivity index (χ4v) is 7.94. The molecule has 0 saturated heterocycles. The molecule has 1 unspecified atom stereocenters. The smallest absolute Gasteiger partial charge is 0.227 e. The molecule has 272 valence electrons. The van der Waals surface area contributed by atoms with Crippen LogP contribution in [-0.2, 0) is 6.42 Å². The number of furan rings is 1. The van der Waals surface area contributed by atoms with E-state index in [1.165, 1.54) is 60.7 Å². The Bertz CT molecular complexity index is 2100. The Morgan fingerprint density at radius 2 is 1.42 bits per heavy atom. The standard InChI is InChI=1S/C46H52N6O/c1-36-21-24-41-44-39(18-8-4-2-3-7-15-37-22-25-42(47-33-37)38-16-9-5-10-17-38)23-26-43(45(44)53-46(41)48-36)52-32-30-50(35-52)28-14-13-27-49-29-31-51(34-49)40-19-11-6-12-20-40/h5-6,9-12,16-17,19-21,23-26,29-33,37H,2-4,7-8,13-15,18,22,27-28,34-35H2,1H3. The molecule has 0 amide bonds. The van der Waals surface area contributed by atoms with E-state index in [2.05, 4.69) is 142 Å². The molecule has 3 aliphatic heterocycles. The third-order valence-corrected chi connectivity index (χ3v) is 10.9. The molecule has 53 heavy (non-hydrogen) atoms. The lowest BCUT2D eigenvalue weighted by Crippen LogP contribution is -2.28. The Kier molecular flexibility index (Phi) is 10.9. The highest BCUT2D eigenvalue weighted by molar-refractivity contribution is 6.10. The lowest BCUT2D eigenvalue weighted by Gasteiger charge is -2.23. The molecule has 0 bridgehead atoms. The second-order valence-electron chi connectivity index (χ2n) is 14.9. The number of para-hydroxylation sites is 1. The fraction of sp³-hybridized carbons (Fsp3) is 0.348. The van der Waals surface area contributed by atoms with E-state index in [1.807, 2.05) is 6.92 Å². The van der Waals surface area contributed by atoms with Crippen LogP contribution in [0.3, 0.4) is 0 Å². The van der Waals surface area contributed by atoms with Crippen molar-refractivity contribution in [2.24, 2.45) is 10.9 Å². The molecule has 0 aliphatic carbocycles. The second kappa shape index (κ2) is 16.6. The van der Waals surface area contributed by atoms with Crippen molar-refractivity contribution in [1.29, 1.82) is 0 Å². The van der Waals surface area contributed by atoms with E-state index in [1.54, 1.807) is 0 Å². The average Bonchev–Trinajstić information content (AvgIpc) is 3.96. The van der Waals surface area contributed by atoms with Gasteiger partial charge in [-0.1, -0.05) is 86.4 Å². The van der Waals surface area contributed by atoms with Crippen LogP contribution in [0, 0.1) is 12.8 Å². The number of hydrogen-bond acceptors (Lipinski definition) is 7. The normalized spacial score (nSPS) is 16.9. The molecule has 0 saturated carbocycles. The van der Waals surface area contributed by atoms with E-state index < -0.39 is 0 Å². The number of hydrogen-bond donors (Lipinski definition) is 0. The Hall–Kier alpha value is -5.30. The van der Waals surface area contributed by atoms with E-state index in [9.17, 15) is 0 Å². The number of aromatic nitrogens is 1. The number of allylic oxidation sites excluding steroid dienone is 1. The van der Waals surface area contributed by atoms with Gasteiger partial charge in [0, 0.05) is 66.3 Å². The van der Waals surface area contributed by atoms with Gasteiger partial charge in [0.1, 0.15) is 0 Å². The van der Waals surface area contributed by atoms with Crippen LogP contribution in [0.4, 0.5) is 11.4 Å². The molecule has 7 heteroatoms. The van der Waals surface area contributed by atoms with Gasteiger partial charge in [0.15, 0.2) is 5.58 Å². The predicted octanol–water partition coefficient (Wildman–Crippen LogP) is 10.9. The lowest BCUT2D eigenvalue weighted by atomic mass is 9.95.